The van der Waals surface area contributed by atoms with E-state index in [0.717, 1.165) is 26.1 Å². The minimum Gasteiger partial charge on any atom is -0.298 e. The average Bonchev–Trinajstić information content (AvgIpc) is 2.28. The number of rotatable bonds is 6. The molecule has 0 aromatic carbocycles. The minimum absolute atomic E-state index is 0.148. The number of likely N-dealkylation sites (tertiary alicyclic amines) is 1. The van der Waals surface area contributed by atoms with Crippen molar-refractivity contribution in [2.24, 2.45) is 0 Å². The van der Waals surface area contributed by atoms with Crippen LogP contribution >= 0.6 is 34.8 Å². The van der Waals surface area contributed by atoms with Crippen LogP contribution in [0.2, 0.25) is 0 Å². The molecule has 1 atom stereocenters. The van der Waals surface area contributed by atoms with Crippen molar-refractivity contribution in [3.63, 3.8) is 0 Å². The van der Waals surface area contributed by atoms with Gasteiger partial charge >= 0.3 is 0 Å². The molecule has 0 bridgehead atoms. The van der Waals surface area contributed by atoms with E-state index >= 15 is 0 Å². The molecule has 1 aliphatic heterocycles. The molecular formula is C12H23Cl3N2. The van der Waals surface area contributed by atoms with E-state index in [4.69, 9.17) is 34.8 Å². The Hall–Kier alpha value is 0.790. The lowest BCUT2D eigenvalue weighted by molar-refractivity contribution is 0.138. The maximum Gasteiger partial charge on any atom is 0.218 e. The van der Waals surface area contributed by atoms with Crippen LogP contribution in [-0.4, -0.2) is 34.5 Å². The van der Waals surface area contributed by atoms with E-state index in [-0.39, 0.29) is 6.17 Å². The highest BCUT2D eigenvalue weighted by Gasteiger charge is 2.37. The van der Waals surface area contributed by atoms with E-state index in [0.29, 0.717) is 0 Å². The van der Waals surface area contributed by atoms with E-state index in [9.17, 15) is 0 Å². The van der Waals surface area contributed by atoms with Gasteiger partial charge in [0.2, 0.25) is 3.79 Å². The first-order chi connectivity index (χ1) is 8.05. The van der Waals surface area contributed by atoms with Crippen LogP contribution in [0.25, 0.3) is 0 Å². The molecule has 1 rings (SSSR count). The Morgan fingerprint density at radius 2 is 1.76 bits per heavy atom. The summed E-state index contributed by atoms with van der Waals surface area (Å²) in [5.41, 5.74) is 0. The highest BCUT2D eigenvalue weighted by atomic mass is 35.6. The molecule has 0 aromatic rings. The standard InChI is InChI=1S/C12H23Cl3N2/c1-2-3-5-8-16-11(12(13,14)15)17-9-6-4-7-10-17/h11,16H,2-10H2,1H3. The van der Waals surface area contributed by atoms with Gasteiger partial charge in [0.25, 0.3) is 0 Å². The molecule has 5 heteroatoms. The summed E-state index contributed by atoms with van der Waals surface area (Å²) in [5, 5.41) is 3.39. The maximum absolute atomic E-state index is 6.07. The predicted molar refractivity (Wildman–Crippen MR) is 77.0 cm³/mol. The van der Waals surface area contributed by atoms with Crippen LogP contribution in [-0.2, 0) is 0 Å². The predicted octanol–water partition coefficient (Wildman–Crippen LogP) is 3.95. The fraction of sp³-hybridized carbons (Fsp3) is 1.00. The zero-order valence-electron chi connectivity index (χ0n) is 10.5. The second kappa shape index (κ2) is 8.06. The molecule has 0 amide bonds. The largest absolute Gasteiger partial charge is 0.298 e. The number of piperidine rings is 1. The first-order valence-electron chi connectivity index (χ1n) is 6.60. The van der Waals surface area contributed by atoms with Gasteiger partial charge in [-0.15, -0.1) is 0 Å². The van der Waals surface area contributed by atoms with Gasteiger partial charge in [-0.05, 0) is 38.9 Å². The highest BCUT2D eigenvalue weighted by molar-refractivity contribution is 6.68. The summed E-state index contributed by atoms with van der Waals surface area (Å²) < 4.78 is -1.25. The van der Waals surface area contributed by atoms with E-state index in [1.54, 1.807) is 0 Å². The van der Waals surface area contributed by atoms with Gasteiger partial charge in [-0.3, -0.25) is 10.2 Å². The van der Waals surface area contributed by atoms with Gasteiger partial charge in [-0.25, -0.2) is 0 Å². The van der Waals surface area contributed by atoms with Gasteiger partial charge in [0.1, 0.15) is 6.17 Å². The molecule has 1 N–H and O–H groups in total. The fourth-order valence-electron chi connectivity index (χ4n) is 2.24. The monoisotopic (exact) mass is 300 g/mol. The second-order valence-corrected chi connectivity index (χ2v) is 7.07. The molecule has 0 saturated carbocycles. The third-order valence-electron chi connectivity index (χ3n) is 3.18. The molecule has 0 aliphatic carbocycles. The first kappa shape index (κ1) is 15.8. The summed E-state index contributed by atoms with van der Waals surface area (Å²) in [6.45, 7) is 5.17. The third kappa shape index (κ3) is 5.98. The van der Waals surface area contributed by atoms with Crippen LogP contribution in [0.1, 0.15) is 45.4 Å². The van der Waals surface area contributed by atoms with Crippen molar-refractivity contribution >= 4 is 34.8 Å². The Labute approximate surface area is 120 Å². The molecule has 102 valence electrons. The number of halogens is 3. The van der Waals surface area contributed by atoms with Gasteiger partial charge in [0.15, 0.2) is 0 Å². The quantitative estimate of drug-likeness (QED) is 0.590. The van der Waals surface area contributed by atoms with Gasteiger partial charge in [0, 0.05) is 0 Å². The van der Waals surface area contributed by atoms with Crippen LogP contribution in [0.4, 0.5) is 0 Å². The van der Waals surface area contributed by atoms with Gasteiger partial charge < -0.3 is 0 Å². The molecular weight excluding hydrogens is 279 g/mol. The number of nitrogens with zero attached hydrogens (tertiary/aromatic N) is 1. The van der Waals surface area contributed by atoms with Crippen molar-refractivity contribution in [3.8, 4) is 0 Å². The Bertz CT molecular complexity index is 200. The van der Waals surface area contributed by atoms with Crippen molar-refractivity contribution in [2.45, 2.75) is 55.4 Å². The van der Waals surface area contributed by atoms with Crippen molar-refractivity contribution in [1.29, 1.82) is 0 Å². The summed E-state index contributed by atoms with van der Waals surface area (Å²) in [5.74, 6) is 0. The number of nitrogens with one attached hydrogen (secondary N) is 1. The van der Waals surface area contributed by atoms with Crippen molar-refractivity contribution < 1.29 is 0 Å². The molecule has 2 nitrogen and oxygen atoms in total. The first-order valence-corrected chi connectivity index (χ1v) is 7.73. The molecule has 0 spiro atoms. The van der Waals surface area contributed by atoms with Gasteiger partial charge in [0.05, 0.1) is 0 Å². The highest BCUT2D eigenvalue weighted by Crippen LogP contribution is 2.33. The lowest BCUT2D eigenvalue weighted by Gasteiger charge is -2.38. The van der Waals surface area contributed by atoms with E-state index in [1.165, 1.54) is 32.1 Å². The van der Waals surface area contributed by atoms with Crippen LogP contribution in [0.5, 0.6) is 0 Å². The molecule has 1 unspecified atom stereocenters. The smallest absolute Gasteiger partial charge is 0.218 e. The van der Waals surface area contributed by atoms with Gasteiger partial charge in [-0.2, -0.15) is 0 Å². The summed E-state index contributed by atoms with van der Waals surface area (Å²) in [6, 6.07) is 0. The second-order valence-electron chi connectivity index (χ2n) is 4.70. The lowest BCUT2D eigenvalue weighted by Crippen LogP contribution is -2.55. The summed E-state index contributed by atoms with van der Waals surface area (Å²) in [7, 11) is 0. The van der Waals surface area contributed by atoms with Crippen LogP contribution in [0.15, 0.2) is 0 Å². The number of alkyl halides is 3. The van der Waals surface area contributed by atoms with Crippen molar-refractivity contribution in [1.82, 2.24) is 10.2 Å². The molecule has 1 heterocycles. The Balaban J connectivity index is 2.42. The molecule has 17 heavy (non-hydrogen) atoms. The van der Waals surface area contributed by atoms with Crippen LogP contribution in [0.3, 0.4) is 0 Å². The summed E-state index contributed by atoms with van der Waals surface area (Å²) in [4.78, 5) is 2.27. The van der Waals surface area contributed by atoms with Gasteiger partial charge in [-0.1, -0.05) is 61.0 Å². The zero-order chi connectivity index (χ0) is 12.7. The Kier molecular flexibility index (Phi) is 7.51. The maximum atomic E-state index is 6.07. The van der Waals surface area contributed by atoms with Crippen molar-refractivity contribution in [3.05, 3.63) is 0 Å². The Morgan fingerprint density at radius 1 is 1.12 bits per heavy atom. The normalized spacial score (nSPS) is 20.5. The SMILES string of the molecule is CCCCCNC(N1CCCCC1)C(Cl)(Cl)Cl. The molecule has 1 saturated heterocycles. The van der Waals surface area contributed by atoms with E-state index < -0.39 is 3.79 Å². The number of hydrogen-bond donors (Lipinski definition) is 1. The molecule has 1 fully saturated rings. The molecule has 0 aromatic heterocycles. The number of hydrogen-bond acceptors (Lipinski definition) is 2. The van der Waals surface area contributed by atoms with Crippen LogP contribution < -0.4 is 5.32 Å². The van der Waals surface area contributed by atoms with E-state index in [2.05, 4.69) is 17.1 Å². The zero-order valence-corrected chi connectivity index (χ0v) is 12.8. The fourth-order valence-corrected chi connectivity index (χ4v) is 2.89. The topological polar surface area (TPSA) is 15.3 Å². The van der Waals surface area contributed by atoms with Crippen molar-refractivity contribution in [2.75, 3.05) is 19.6 Å². The minimum atomic E-state index is -1.25. The van der Waals surface area contributed by atoms with Crippen LogP contribution in [0, 0.1) is 0 Å². The molecule has 0 radical (unpaired) electrons. The Morgan fingerprint density at radius 3 is 2.29 bits per heavy atom. The third-order valence-corrected chi connectivity index (χ3v) is 3.80. The average molecular weight is 302 g/mol. The van der Waals surface area contributed by atoms with E-state index in [1.807, 2.05) is 0 Å². The number of unbranched alkanes of at least 4 members (excludes halogenated alkanes) is 2. The summed E-state index contributed by atoms with van der Waals surface area (Å²) in [6.07, 6.45) is 7.12. The summed E-state index contributed by atoms with van der Waals surface area (Å²) >= 11 is 18.2. The molecule has 1 aliphatic rings. The lowest BCUT2D eigenvalue weighted by atomic mass is 10.1.